The van der Waals surface area contributed by atoms with Crippen LogP contribution in [-0.4, -0.2) is 36.7 Å². The Morgan fingerprint density at radius 2 is 2.09 bits per heavy atom. The fourth-order valence-electron chi connectivity index (χ4n) is 2.27. The molecular formula is C16H20N2O3S. The number of methoxy groups -OCH3 is 2. The third-order valence-electron chi connectivity index (χ3n) is 3.43. The van der Waals surface area contributed by atoms with Gasteiger partial charge in [0.2, 0.25) is 0 Å². The average molecular weight is 320 g/mol. The van der Waals surface area contributed by atoms with Crippen molar-refractivity contribution >= 4 is 29.3 Å². The van der Waals surface area contributed by atoms with Gasteiger partial charge in [0.25, 0.3) is 5.91 Å². The highest BCUT2D eigenvalue weighted by molar-refractivity contribution is 7.80. The molecule has 0 atom stereocenters. The smallest absolute Gasteiger partial charge is 0.276 e. The molecule has 1 aromatic rings. The number of ether oxygens (including phenoxy) is 2. The summed E-state index contributed by atoms with van der Waals surface area (Å²) in [5.41, 5.74) is 1.21. The molecule has 0 bridgehead atoms. The Balaban J connectivity index is 2.31. The van der Waals surface area contributed by atoms with Crippen LogP contribution in [0.5, 0.6) is 11.5 Å². The number of nitrogens with one attached hydrogen (secondary N) is 1. The summed E-state index contributed by atoms with van der Waals surface area (Å²) in [5, 5.41) is 3.42. The van der Waals surface area contributed by atoms with E-state index in [1.165, 1.54) is 0 Å². The lowest BCUT2D eigenvalue weighted by Gasteiger charge is -2.12. The van der Waals surface area contributed by atoms with Gasteiger partial charge in [0, 0.05) is 12.1 Å². The second kappa shape index (κ2) is 7.26. The van der Waals surface area contributed by atoms with Crippen molar-refractivity contribution in [3.05, 3.63) is 29.5 Å². The molecule has 1 aliphatic rings. The number of para-hydroxylation sites is 1. The third kappa shape index (κ3) is 3.22. The lowest BCUT2D eigenvalue weighted by Crippen LogP contribution is -2.31. The van der Waals surface area contributed by atoms with Crippen molar-refractivity contribution < 1.29 is 14.3 Å². The zero-order valence-corrected chi connectivity index (χ0v) is 13.8. The average Bonchev–Trinajstić information content (AvgIpc) is 2.79. The minimum atomic E-state index is -0.108. The van der Waals surface area contributed by atoms with E-state index in [1.807, 2.05) is 18.2 Å². The molecule has 1 amide bonds. The number of carbonyl (C=O) groups excluding carboxylic acids is 1. The maximum Gasteiger partial charge on any atom is 0.276 e. The van der Waals surface area contributed by atoms with Crippen molar-refractivity contribution in [2.45, 2.75) is 19.8 Å². The molecule has 6 heteroatoms. The van der Waals surface area contributed by atoms with Crippen molar-refractivity contribution in [1.29, 1.82) is 0 Å². The van der Waals surface area contributed by atoms with E-state index in [9.17, 15) is 4.79 Å². The summed E-state index contributed by atoms with van der Waals surface area (Å²) in [6.45, 7) is 2.71. The lowest BCUT2D eigenvalue weighted by atomic mass is 10.1. The first-order chi connectivity index (χ1) is 10.6. The van der Waals surface area contributed by atoms with Crippen LogP contribution in [0.25, 0.3) is 6.08 Å². The van der Waals surface area contributed by atoms with E-state index in [1.54, 1.807) is 25.2 Å². The molecule has 0 unspecified atom stereocenters. The molecule has 22 heavy (non-hydrogen) atoms. The normalized spacial score (nSPS) is 16.1. The molecular weight excluding hydrogens is 300 g/mol. The van der Waals surface area contributed by atoms with Gasteiger partial charge in [-0.2, -0.15) is 0 Å². The van der Waals surface area contributed by atoms with E-state index >= 15 is 0 Å². The molecule has 2 rings (SSSR count). The predicted octanol–water partition coefficient (Wildman–Crippen LogP) is 2.56. The Bertz CT molecular complexity index is 613. The zero-order chi connectivity index (χ0) is 16.1. The summed E-state index contributed by atoms with van der Waals surface area (Å²) in [6, 6.07) is 5.52. The van der Waals surface area contributed by atoms with E-state index in [-0.39, 0.29) is 5.91 Å². The van der Waals surface area contributed by atoms with Gasteiger partial charge in [-0.05, 0) is 30.8 Å². The van der Waals surface area contributed by atoms with E-state index in [2.05, 4.69) is 12.2 Å². The highest BCUT2D eigenvalue weighted by Gasteiger charge is 2.30. The van der Waals surface area contributed by atoms with Crippen molar-refractivity contribution in [2.75, 3.05) is 20.8 Å². The maximum absolute atomic E-state index is 12.4. The van der Waals surface area contributed by atoms with Gasteiger partial charge in [-0.15, -0.1) is 0 Å². The van der Waals surface area contributed by atoms with E-state index in [4.69, 9.17) is 21.7 Å². The predicted molar refractivity (Wildman–Crippen MR) is 89.9 cm³/mol. The second-order valence-electron chi connectivity index (χ2n) is 4.88. The molecule has 1 fully saturated rings. The molecule has 1 saturated heterocycles. The molecule has 0 saturated carbocycles. The number of unbranched alkanes of at least 4 members (excludes halogenated alkanes) is 1. The Hall–Kier alpha value is -2.08. The number of hydrogen-bond acceptors (Lipinski definition) is 4. The molecule has 5 nitrogen and oxygen atoms in total. The van der Waals surface area contributed by atoms with Gasteiger partial charge in [0.1, 0.15) is 5.70 Å². The fraction of sp³-hybridized carbons (Fsp3) is 0.375. The van der Waals surface area contributed by atoms with E-state index < -0.39 is 0 Å². The van der Waals surface area contributed by atoms with Gasteiger partial charge < -0.3 is 14.8 Å². The molecule has 0 spiro atoms. The van der Waals surface area contributed by atoms with Crippen LogP contribution < -0.4 is 14.8 Å². The van der Waals surface area contributed by atoms with Gasteiger partial charge in [-0.25, -0.2) is 0 Å². The molecule has 0 radical (unpaired) electrons. The molecule has 118 valence electrons. The molecule has 1 heterocycles. The van der Waals surface area contributed by atoms with Gasteiger partial charge in [0.15, 0.2) is 16.6 Å². The second-order valence-corrected chi connectivity index (χ2v) is 5.27. The Morgan fingerprint density at radius 1 is 1.32 bits per heavy atom. The number of rotatable bonds is 6. The number of nitrogens with zero attached hydrogens (tertiary/aromatic N) is 1. The van der Waals surface area contributed by atoms with Gasteiger partial charge >= 0.3 is 0 Å². The minimum Gasteiger partial charge on any atom is -0.493 e. The minimum absolute atomic E-state index is 0.108. The lowest BCUT2D eigenvalue weighted by molar-refractivity contribution is -0.122. The topological polar surface area (TPSA) is 50.8 Å². The number of carbonyl (C=O) groups is 1. The van der Waals surface area contributed by atoms with Crippen LogP contribution in [0.2, 0.25) is 0 Å². The molecule has 1 aromatic carbocycles. The highest BCUT2D eigenvalue weighted by Crippen LogP contribution is 2.32. The van der Waals surface area contributed by atoms with E-state index in [0.29, 0.717) is 28.9 Å². The number of benzene rings is 1. The Labute approximate surface area is 135 Å². The number of hydrogen-bond donors (Lipinski definition) is 1. The van der Waals surface area contributed by atoms with Crippen molar-refractivity contribution in [2.24, 2.45) is 0 Å². The first kappa shape index (κ1) is 16.3. The summed E-state index contributed by atoms with van der Waals surface area (Å²) in [7, 11) is 3.15. The number of amides is 1. The summed E-state index contributed by atoms with van der Waals surface area (Å²) in [6.07, 6.45) is 3.67. The van der Waals surface area contributed by atoms with Crippen LogP contribution in [0, 0.1) is 0 Å². The Kier molecular flexibility index (Phi) is 5.38. The molecule has 0 aromatic heterocycles. The molecule has 0 aliphatic carbocycles. The number of thiocarbonyl (C=S) groups is 1. The highest BCUT2D eigenvalue weighted by atomic mass is 32.1. The monoisotopic (exact) mass is 320 g/mol. The largest absolute Gasteiger partial charge is 0.493 e. The summed E-state index contributed by atoms with van der Waals surface area (Å²) < 4.78 is 10.6. The maximum atomic E-state index is 12.4. The quantitative estimate of drug-likeness (QED) is 0.645. The van der Waals surface area contributed by atoms with E-state index in [0.717, 1.165) is 18.4 Å². The van der Waals surface area contributed by atoms with Gasteiger partial charge in [0.05, 0.1) is 14.2 Å². The molecule has 1 N–H and O–H groups in total. The van der Waals surface area contributed by atoms with Gasteiger partial charge in [-0.3, -0.25) is 9.69 Å². The summed E-state index contributed by atoms with van der Waals surface area (Å²) in [5.74, 6) is 1.10. The van der Waals surface area contributed by atoms with Crippen LogP contribution in [0.4, 0.5) is 0 Å². The fourth-order valence-corrected chi connectivity index (χ4v) is 2.56. The van der Waals surface area contributed by atoms with Crippen molar-refractivity contribution in [1.82, 2.24) is 10.2 Å². The van der Waals surface area contributed by atoms with Crippen LogP contribution >= 0.6 is 12.2 Å². The summed E-state index contributed by atoms with van der Waals surface area (Å²) >= 11 is 5.23. The zero-order valence-electron chi connectivity index (χ0n) is 13.0. The summed E-state index contributed by atoms with van der Waals surface area (Å²) in [4.78, 5) is 14.0. The van der Waals surface area contributed by atoms with Crippen molar-refractivity contribution in [3.63, 3.8) is 0 Å². The third-order valence-corrected chi connectivity index (χ3v) is 3.75. The Morgan fingerprint density at radius 3 is 2.73 bits per heavy atom. The first-order valence-corrected chi connectivity index (χ1v) is 7.58. The standard InChI is InChI=1S/C16H20N2O3S/c1-4-5-9-18-15(19)12(17-16(18)22)10-11-7-6-8-13(20-2)14(11)21-3/h6-8,10H,4-5,9H2,1-3H3,(H,17,22)/b12-10-. The molecule has 1 aliphatic heterocycles. The van der Waals surface area contributed by atoms with Crippen LogP contribution in [0.15, 0.2) is 23.9 Å². The van der Waals surface area contributed by atoms with Gasteiger partial charge in [-0.1, -0.05) is 25.5 Å². The van der Waals surface area contributed by atoms with Crippen molar-refractivity contribution in [3.8, 4) is 11.5 Å². The SMILES string of the molecule is CCCCN1C(=O)/C(=C/c2cccc(OC)c2OC)NC1=S. The van der Waals surface area contributed by atoms with Crippen LogP contribution in [0.3, 0.4) is 0 Å². The van der Waals surface area contributed by atoms with Crippen LogP contribution in [0.1, 0.15) is 25.3 Å². The van der Waals surface area contributed by atoms with Crippen LogP contribution in [-0.2, 0) is 4.79 Å². The first-order valence-electron chi connectivity index (χ1n) is 7.17.